The number of hydrogen-bond donors (Lipinski definition) is 1. The quantitative estimate of drug-likeness (QED) is 0.836. The van der Waals surface area contributed by atoms with Crippen LogP contribution in [0.15, 0.2) is 18.2 Å². The van der Waals surface area contributed by atoms with E-state index in [1.807, 2.05) is 0 Å². The van der Waals surface area contributed by atoms with Crippen LogP contribution in [-0.4, -0.2) is 6.54 Å². The Bertz CT molecular complexity index is 258. The lowest BCUT2D eigenvalue weighted by Gasteiger charge is -2.04. The van der Waals surface area contributed by atoms with Crippen molar-refractivity contribution in [2.75, 3.05) is 6.54 Å². The lowest BCUT2D eigenvalue weighted by molar-refractivity contribution is 0.726. The van der Waals surface area contributed by atoms with Gasteiger partial charge in [-0.05, 0) is 53.3 Å². The predicted molar refractivity (Wildman–Crippen MR) is 61.3 cm³/mol. The van der Waals surface area contributed by atoms with Crippen molar-refractivity contribution in [2.24, 2.45) is 0 Å². The molecule has 0 aliphatic heterocycles. The van der Waals surface area contributed by atoms with E-state index in [0.717, 1.165) is 13.1 Å². The molecule has 1 aromatic rings. The Morgan fingerprint density at radius 2 is 2.17 bits per heavy atom. The molecule has 0 radical (unpaired) electrons. The maximum atomic E-state index is 3.31. The zero-order valence-corrected chi connectivity index (χ0v) is 9.68. The molecule has 66 valence electrons. The zero-order chi connectivity index (χ0) is 8.97. The SMILES string of the molecule is CCNCc1ccc(C)c(I)c1. The van der Waals surface area contributed by atoms with Gasteiger partial charge in [0.25, 0.3) is 0 Å². The van der Waals surface area contributed by atoms with Gasteiger partial charge in [0.2, 0.25) is 0 Å². The summed E-state index contributed by atoms with van der Waals surface area (Å²) in [6, 6.07) is 6.59. The highest BCUT2D eigenvalue weighted by Crippen LogP contribution is 2.13. The van der Waals surface area contributed by atoms with Crippen LogP contribution in [0.1, 0.15) is 18.1 Å². The van der Waals surface area contributed by atoms with Crippen molar-refractivity contribution in [1.29, 1.82) is 0 Å². The molecule has 0 unspecified atom stereocenters. The molecule has 0 aromatic heterocycles. The maximum Gasteiger partial charge on any atom is 0.0205 e. The van der Waals surface area contributed by atoms with Crippen molar-refractivity contribution >= 4 is 22.6 Å². The molecule has 0 saturated carbocycles. The molecule has 0 amide bonds. The third kappa shape index (κ3) is 2.75. The topological polar surface area (TPSA) is 12.0 Å². The third-order valence-electron chi connectivity index (χ3n) is 1.82. The van der Waals surface area contributed by atoms with Crippen molar-refractivity contribution in [1.82, 2.24) is 5.32 Å². The molecule has 1 nitrogen and oxygen atoms in total. The van der Waals surface area contributed by atoms with Gasteiger partial charge in [-0.2, -0.15) is 0 Å². The number of hydrogen-bond acceptors (Lipinski definition) is 1. The van der Waals surface area contributed by atoms with Crippen molar-refractivity contribution in [3.63, 3.8) is 0 Å². The van der Waals surface area contributed by atoms with Gasteiger partial charge in [-0.15, -0.1) is 0 Å². The predicted octanol–water partition coefficient (Wildman–Crippen LogP) is 2.71. The first-order valence-corrected chi connectivity index (χ1v) is 5.27. The Kier molecular flexibility index (Phi) is 4.01. The van der Waals surface area contributed by atoms with E-state index in [-0.39, 0.29) is 0 Å². The first-order valence-electron chi connectivity index (χ1n) is 4.19. The van der Waals surface area contributed by atoms with Gasteiger partial charge in [0.05, 0.1) is 0 Å². The molecule has 0 saturated heterocycles. The molecule has 12 heavy (non-hydrogen) atoms. The average Bonchev–Trinajstić information content (AvgIpc) is 2.07. The van der Waals surface area contributed by atoms with Gasteiger partial charge in [-0.1, -0.05) is 19.1 Å². The van der Waals surface area contributed by atoms with Gasteiger partial charge < -0.3 is 5.32 Å². The molecule has 0 heterocycles. The van der Waals surface area contributed by atoms with Crippen LogP contribution in [0.3, 0.4) is 0 Å². The van der Waals surface area contributed by atoms with Crippen LogP contribution >= 0.6 is 22.6 Å². The normalized spacial score (nSPS) is 10.2. The number of nitrogens with one attached hydrogen (secondary N) is 1. The molecule has 0 spiro atoms. The van der Waals surface area contributed by atoms with Gasteiger partial charge in [-0.3, -0.25) is 0 Å². The summed E-state index contributed by atoms with van der Waals surface area (Å²) in [6.45, 7) is 6.27. The lowest BCUT2D eigenvalue weighted by atomic mass is 10.1. The highest BCUT2D eigenvalue weighted by molar-refractivity contribution is 14.1. The monoisotopic (exact) mass is 275 g/mol. The fourth-order valence-electron chi connectivity index (χ4n) is 1.02. The van der Waals surface area contributed by atoms with E-state index in [4.69, 9.17) is 0 Å². The number of aryl methyl sites for hydroxylation is 1. The van der Waals surface area contributed by atoms with E-state index in [9.17, 15) is 0 Å². The Labute approximate surface area is 87.7 Å². The van der Waals surface area contributed by atoms with Gasteiger partial charge in [-0.25, -0.2) is 0 Å². The fourth-order valence-corrected chi connectivity index (χ4v) is 1.60. The summed E-state index contributed by atoms with van der Waals surface area (Å²) in [6.07, 6.45) is 0. The molecular weight excluding hydrogens is 261 g/mol. The van der Waals surface area contributed by atoms with Crippen LogP contribution < -0.4 is 5.32 Å². The Balaban J connectivity index is 2.69. The summed E-state index contributed by atoms with van der Waals surface area (Å²) in [5.74, 6) is 0. The van der Waals surface area contributed by atoms with Crippen LogP contribution in [0, 0.1) is 10.5 Å². The van der Waals surface area contributed by atoms with Gasteiger partial charge >= 0.3 is 0 Å². The molecule has 0 aliphatic carbocycles. The smallest absolute Gasteiger partial charge is 0.0205 e. The third-order valence-corrected chi connectivity index (χ3v) is 2.98. The summed E-state index contributed by atoms with van der Waals surface area (Å²) < 4.78 is 1.35. The average molecular weight is 275 g/mol. The van der Waals surface area contributed by atoms with Crippen molar-refractivity contribution in [3.05, 3.63) is 32.9 Å². The van der Waals surface area contributed by atoms with E-state index >= 15 is 0 Å². The van der Waals surface area contributed by atoms with Crippen LogP contribution in [-0.2, 0) is 6.54 Å². The minimum atomic E-state index is 0.979. The fraction of sp³-hybridized carbons (Fsp3) is 0.400. The van der Waals surface area contributed by atoms with E-state index in [1.165, 1.54) is 14.7 Å². The van der Waals surface area contributed by atoms with Crippen molar-refractivity contribution in [2.45, 2.75) is 20.4 Å². The molecule has 2 heteroatoms. The first-order chi connectivity index (χ1) is 5.74. The van der Waals surface area contributed by atoms with E-state index in [2.05, 4.69) is 60.0 Å². The molecule has 0 bridgehead atoms. The van der Waals surface area contributed by atoms with E-state index < -0.39 is 0 Å². The van der Waals surface area contributed by atoms with Crippen molar-refractivity contribution < 1.29 is 0 Å². The number of benzene rings is 1. The zero-order valence-electron chi connectivity index (χ0n) is 7.52. The van der Waals surface area contributed by atoms with Gasteiger partial charge in [0.15, 0.2) is 0 Å². The standard InChI is InChI=1S/C10H14IN/c1-3-12-7-9-5-4-8(2)10(11)6-9/h4-6,12H,3,7H2,1-2H3. The first kappa shape index (κ1) is 9.99. The minimum Gasteiger partial charge on any atom is -0.313 e. The summed E-state index contributed by atoms with van der Waals surface area (Å²) in [5.41, 5.74) is 2.72. The molecule has 1 aromatic carbocycles. The largest absolute Gasteiger partial charge is 0.313 e. The number of halogens is 1. The maximum absolute atomic E-state index is 3.31. The molecule has 0 atom stereocenters. The molecule has 0 aliphatic rings. The summed E-state index contributed by atoms with van der Waals surface area (Å²) in [4.78, 5) is 0. The lowest BCUT2D eigenvalue weighted by Crippen LogP contribution is -2.11. The van der Waals surface area contributed by atoms with Crippen LogP contribution in [0.2, 0.25) is 0 Å². The Hall–Kier alpha value is -0.0900. The molecular formula is C10H14IN. The molecule has 0 fully saturated rings. The second kappa shape index (κ2) is 4.82. The Morgan fingerprint density at radius 3 is 2.75 bits per heavy atom. The van der Waals surface area contributed by atoms with Gasteiger partial charge in [0.1, 0.15) is 0 Å². The summed E-state index contributed by atoms with van der Waals surface area (Å²) in [7, 11) is 0. The van der Waals surface area contributed by atoms with Crippen molar-refractivity contribution in [3.8, 4) is 0 Å². The highest BCUT2D eigenvalue weighted by atomic mass is 127. The summed E-state index contributed by atoms with van der Waals surface area (Å²) >= 11 is 2.37. The molecule has 1 N–H and O–H groups in total. The van der Waals surface area contributed by atoms with E-state index in [1.54, 1.807) is 0 Å². The Morgan fingerprint density at radius 1 is 1.42 bits per heavy atom. The highest BCUT2D eigenvalue weighted by Gasteiger charge is 1.95. The second-order valence-corrected chi connectivity index (χ2v) is 4.03. The van der Waals surface area contributed by atoms with E-state index in [0.29, 0.717) is 0 Å². The molecule has 1 rings (SSSR count). The van der Waals surface area contributed by atoms with Crippen LogP contribution in [0.5, 0.6) is 0 Å². The minimum absolute atomic E-state index is 0.979. The number of rotatable bonds is 3. The van der Waals surface area contributed by atoms with Gasteiger partial charge in [0, 0.05) is 10.1 Å². The summed E-state index contributed by atoms with van der Waals surface area (Å²) in [5, 5.41) is 3.31. The van der Waals surface area contributed by atoms with Crippen LogP contribution in [0.4, 0.5) is 0 Å². The second-order valence-electron chi connectivity index (χ2n) is 2.86. The van der Waals surface area contributed by atoms with Crippen LogP contribution in [0.25, 0.3) is 0 Å².